The van der Waals surface area contributed by atoms with Crippen molar-refractivity contribution in [2.75, 3.05) is 0 Å². The molecule has 0 amide bonds. The number of alkyl halides is 1. The van der Waals surface area contributed by atoms with E-state index in [1.807, 2.05) is 0 Å². The van der Waals surface area contributed by atoms with Gasteiger partial charge in [0.2, 0.25) is 0 Å². The van der Waals surface area contributed by atoms with Gasteiger partial charge >= 0.3 is 5.97 Å². The normalized spacial score (nSPS) is 45.1. The first-order valence-corrected chi connectivity index (χ1v) is 5.21. The van der Waals surface area contributed by atoms with Gasteiger partial charge in [-0.25, -0.2) is 0 Å². The Balaban J connectivity index is 2.07. The van der Waals surface area contributed by atoms with Gasteiger partial charge in [0.25, 0.3) is 0 Å². The molecule has 0 aromatic rings. The highest BCUT2D eigenvalue weighted by Crippen LogP contribution is 2.49. The molecule has 2 rings (SSSR count). The minimum Gasteiger partial charge on any atom is -0.462 e. The van der Waals surface area contributed by atoms with E-state index in [0.717, 1.165) is 12.8 Å². The Morgan fingerprint density at radius 3 is 2.71 bits per heavy atom. The van der Waals surface area contributed by atoms with E-state index in [1.54, 1.807) is 0 Å². The first kappa shape index (κ1) is 9.90. The van der Waals surface area contributed by atoms with Gasteiger partial charge in [-0.15, -0.1) is 11.6 Å². The smallest absolute Gasteiger partial charge is 0.302 e. The van der Waals surface area contributed by atoms with Crippen molar-refractivity contribution >= 4 is 17.6 Å². The van der Waals surface area contributed by atoms with E-state index in [4.69, 9.17) is 16.3 Å². The molecule has 4 nitrogen and oxygen atoms in total. The van der Waals surface area contributed by atoms with Crippen LogP contribution in [0.2, 0.25) is 0 Å². The SMILES string of the molecule is CC(=O)OC1CC2CC1C(N=O)C2Cl. The second kappa shape index (κ2) is 3.50. The van der Waals surface area contributed by atoms with Crippen molar-refractivity contribution in [1.29, 1.82) is 0 Å². The molecule has 0 radical (unpaired) electrons. The number of halogens is 1. The maximum atomic E-state index is 10.8. The number of carbonyl (C=O) groups is 1. The standard InChI is InChI=1S/C9H12ClNO3/c1-4(12)14-7-3-5-2-6(7)9(11-13)8(5)10/h5-9H,2-3H2,1H3. The van der Waals surface area contributed by atoms with Crippen LogP contribution in [0.1, 0.15) is 19.8 Å². The van der Waals surface area contributed by atoms with E-state index in [0.29, 0.717) is 0 Å². The van der Waals surface area contributed by atoms with Crippen LogP contribution < -0.4 is 0 Å². The molecule has 0 spiro atoms. The fraction of sp³-hybridized carbons (Fsp3) is 0.889. The fourth-order valence-electron chi connectivity index (χ4n) is 2.69. The molecular weight excluding hydrogens is 206 g/mol. The van der Waals surface area contributed by atoms with Gasteiger partial charge in [0, 0.05) is 12.8 Å². The molecule has 2 fully saturated rings. The highest BCUT2D eigenvalue weighted by molar-refractivity contribution is 6.21. The van der Waals surface area contributed by atoms with Crippen LogP contribution in [0.4, 0.5) is 0 Å². The van der Waals surface area contributed by atoms with Gasteiger partial charge in [0.15, 0.2) is 0 Å². The zero-order valence-electron chi connectivity index (χ0n) is 7.85. The summed E-state index contributed by atoms with van der Waals surface area (Å²) >= 11 is 6.04. The maximum absolute atomic E-state index is 10.8. The summed E-state index contributed by atoms with van der Waals surface area (Å²) in [6, 6.07) is -0.375. The van der Waals surface area contributed by atoms with E-state index >= 15 is 0 Å². The Labute approximate surface area is 86.9 Å². The third-order valence-electron chi connectivity index (χ3n) is 3.24. The Morgan fingerprint density at radius 1 is 1.50 bits per heavy atom. The number of hydrogen-bond donors (Lipinski definition) is 0. The minimum absolute atomic E-state index is 0.0453. The largest absolute Gasteiger partial charge is 0.462 e. The molecule has 0 aromatic heterocycles. The molecule has 78 valence electrons. The number of nitrogens with zero attached hydrogens (tertiary/aromatic N) is 1. The highest BCUT2D eigenvalue weighted by atomic mass is 35.5. The third-order valence-corrected chi connectivity index (χ3v) is 3.86. The second-order valence-electron chi connectivity index (χ2n) is 4.08. The van der Waals surface area contributed by atoms with Crippen LogP contribution in [-0.2, 0) is 9.53 Å². The molecule has 0 N–H and O–H groups in total. The molecule has 5 heteroatoms. The second-order valence-corrected chi connectivity index (χ2v) is 4.59. The van der Waals surface area contributed by atoms with Crippen molar-refractivity contribution < 1.29 is 9.53 Å². The molecule has 0 heterocycles. The van der Waals surface area contributed by atoms with Crippen LogP contribution in [0.15, 0.2) is 5.18 Å². The summed E-state index contributed by atoms with van der Waals surface area (Å²) in [5.74, 6) is 0.0379. The van der Waals surface area contributed by atoms with E-state index in [9.17, 15) is 9.70 Å². The van der Waals surface area contributed by atoms with Gasteiger partial charge < -0.3 is 4.74 Å². The quantitative estimate of drug-likeness (QED) is 0.402. The van der Waals surface area contributed by atoms with Crippen LogP contribution in [0.5, 0.6) is 0 Å². The number of fused-ring (bicyclic) bond motifs is 2. The average Bonchev–Trinajstić information content (AvgIpc) is 2.61. The first-order valence-electron chi connectivity index (χ1n) is 4.77. The van der Waals surface area contributed by atoms with Crippen LogP contribution in [0.3, 0.4) is 0 Å². The van der Waals surface area contributed by atoms with Crippen molar-refractivity contribution in [1.82, 2.24) is 0 Å². The molecule has 0 saturated heterocycles. The molecule has 2 aliphatic carbocycles. The molecule has 2 saturated carbocycles. The summed E-state index contributed by atoms with van der Waals surface area (Å²) in [5, 5.41) is 2.87. The maximum Gasteiger partial charge on any atom is 0.302 e. The molecule has 2 aliphatic rings. The lowest BCUT2D eigenvalue weighted by atomic mass is 9.93. The number of carbonyl (C=O) groups excluding carboxylic acids is 1. The number of esters is 1. The lowest BCUT2D eigenvalue weighted by molar-refractivity contribution is -0.148. The van der Waals surface area contributed by atoms with Gasteiger partial charge in [-0.2, -0.15) is 4.91 Å². The molecule has 0 aliphatic heterocycles. The Morgan fingerprint density at radius 2 is 2.21 bits per heavy atom. The number of hydrogen-bond acceptors (Lipinski definition) is 4. The third kappa shape index (κ3) is 1.41. The predicted octanol–water partition coefficient (Wildman–Crippen LogP) is 1.70. The van der Waals surface area contributed by atoms with Gasteiger partial charge in [0.1, 0.15) is 12.1 Å². The number of rotatable bonds is 2. The van der Waals surface area contributed by atoms with E-state index in [1.165, 1.54) is 6.92 Å². The topological polar surface area (TPSA) is 55.7 Å². The predicted molar refractivity (Wildman–Crippen MR) is 51.0 cm³/mol. The summed E-state index contributed by atoms with van der Waals surface area (Å²) in [6.07, 6.45) is 1.50. The molecule has 0 aromatic carbocycles. The zero-order valence-corrected chi connectivity index (χ0v) is 8.61. The Kier molecular flexibility index (Phi) is 2.47. The zero-order chi connectivity index (χ0) is 10.3. The van der Waals surface area contributed by atoms with Crippen molar-refractivity contribution in [3.05, 3.63) is 4.91 Å². The first-order chi connectivity index (χ1) is 6.63. The fourth-order valence-corrected chi connectivity index (χ4v) is 3.13. The Bertz CT molecular complexity index is 271. The summed E-state index contributed by atoms with van der Waals surface area (Å²) in [6.45, 7) is 1.38. The van der Waals surface area contributed by atoms with Crippen molar-refractivity contribution in [3.63, 3.8) is 0 Å². The average molecular weight is 218 g/mol. The Hall–Kier alpha value is -0.640. The summed E-state index contributed by atoms with van der Waals surface area (Å²) in [7, 11) is 0. The van der Waals surface area contributed by atoms with Crippen LogP contribution >= 0.6 is 11.6 Å². The number of ether oxygens (including phenoxy) is 1. The van der Waals surface area contributed by atoms with Crippen LogP contribution in [0, 0.1) is 16.7 Å². The number of nitroso groups, excluding NO2 is 1. The summed E-state index contributed by atoms with van der Waals surface area (Å²) in [4.78, 5) is 21.4. The molecular formula is C9H12ClNO3. The van der Waals surface area contributed by atoms with E-state index in [2.05, 4.69) is 5.18 Å². The summed E-state index contributed by atoms with van der Waals surface area (Å²) < 4.78 is 5.13. The lowest BCUT2D eigenvalue weighted by Gasteiger charge is -2.27. The van der Waals surface area contributed by atoms with Gasteiger partial charge in [-0.3, -0.25) is 4.79 Å². The molecule has 5 atom stereocenters. The minimum atomic E-state index is -0.375. The summed E-state index contributed by atoms with van der Waals surface area (Å²) in [5.41, 5.74) is 0. The van der Waals surface area contributed by atoms with Gasteiger partial charge in [-0.05, 0) is 18.8 Å². The monoisotopic (exact) mass is 217 g/mol. The van der Waals surface area contributed by atoms with E-state index in [-0.39, 0.29) is 35.3 Å². The van der Waals surface area contributed by atoms with E-state index < -0.39 is 0 Å². The van der Waals surface area contributed by atoms with Crippen molar-refractivity contribution in [2.45, 2.75) is 37.3 Å². The molecule has 5 unspecified atom stereocenters. The van der Waals surface area contributed by atoms with Gasteiger partial charge in [-0.1, -0.05) is 5.18 Å². The lowest BCUT2D eigenvalue weighted by Crippen LogP contribution is -2.37. The highest BCUT2D eigenvalue weighted by Gasteiger charge is 2.54. The van der Waals surface area contributed by atoms with Crippen molar-refractivity contribution in [2.24, 2.45) is 17.0 Å². The molecule has 2 bridgehead atoms. The molecule has 14 heavy (non-hydrogen) atoms. The van der Waals surface area contributed by atoms with Crippen LogP contribution in [0.25, 0.3) is 0 Å². The van der Waals surface area contributed by atoms with Crippen molar-refractivity contribution in [3.8, 4) is 0 Å². The van der Waals surface area contributed by atoms with Crippen LogP contribution in [-0.4, -0.2) is 23.5 Å². The van der Waals surface area contributed by atoms with Gasteiger partial charge in [0.05, 0.1) is 5.38 Å².